The van der Waals surface area contributed by atoms with Crippen LogP contribution < -0.4 is 5.32 Å². The van der Waals surface area contributed by atoms with Gasteiger partial charge < -0.3 is 15.3 Å². The number of carbonyl (C=O) groups excluding carboxylic acids is 1. The van der Waals surface area contributed by atoms with Crippen molar-refractivity contribution in [3.63, 3.8) is 0 Å². The number of carbonyl (C=O) groups is 1. The molecule has 0 unspecified atom stereocenters. The highest BCUT2D eigenvalue weighted by atomic mass is 16.3. The van der Waals surface area contributed by atoms with E-state index in [0.29, 0.717) is 24.5 Å². The summed E-state index contributed by atoms with van der Waals surface area (Å²) in [6, 6.07) is 1.04. The van der Waals surface area contributed by atoms with Gasteiger partial charge in [-0.3, -0.25) is 4.79 Å². The largest absolute Gasteiger partial charge is 0.395 e. The van der Waals surface area contributed by atoms with Gasteiger partial charge in [0.25, 0.3) is 0 Å². The van der Waals surface area contributed by atoms with Gasteiger partial charge in [0.1, 0.15) is 0 Å². The van der Waals surface area contributed by atoms with Crippen LogP contribution in [0.25, 0.3) is 0 Å². The molecule has 2 atom stereocenters. The summed E-state index contributed by atoms with van der Waals surface area (Å²) in [6.07, 6.45) is 7.30. The van der Waals surface area contributed by atoms with Crippen LogP contribution in [0.5, 0.6) is 0 Å². The molecule has 0 aliphatic heterocycles. The van der Waals surface area contributed by atoms with Gasteiger partial charge in [-0.25, -0.2) is 0 Å². The molecule has 3 aliphatic carbocycles. The Balaban J connectivity index is 1.51. The van der Waals surface area contributed by atoms with E-state index in [9.17, 15) is 9.90 Å². The Bertz CT molecular complexity index is 335. The van der Waals surface area contributed by atoms with Crippen LogP contribution in [0, 0.1) is 11.8 Å². The molecule has 1 amide bonds. The molecule has 19 heavy (non-hydrogen) atoms. The summed E-state index contributed by atoms with van der Waals surface area (Å²) in [4.78, 5) is 14.6. The minimum atomic E-state index is 0.126. The van der Waals surface area contributed by atoms with E-state index in [2.05, 4.69) is 17.1 Å². The van der Waals surface area contributed by atoms with E-state index in [1.54, 1.807) is 0 Å². The molecule has 2 N–H and O–H groups in total. The molecule has 0 bridgehead atoms. The lowest BCUT2D eigenvalue weighted by atomic mass is 10.1. The number of aliphatic hydroxyl groups is 1. The highest BCUT2D eigenvalue weighted by Gasteiger charge is 2.41. The van der Waals surface area contributed by atoms with E-state index < -0.39 is 0 Å². The minimum Gasteiger partial charge on any atom is -0.395 e. The highest BCUT2D eigenvalue weighted by Crippen LogP contribution is 2.39. The number of hydrogen-bond donors (Lipinski definition) is 2. The molecule has 0 aromatic heterocycles. The lowest BCUT2D eigenvalue weighted by Crippen LogP contribution is -2.48. The van der Waals surface area contributed by atoms with Gasteiger partial charge >= 0.3 is 0 Å². The summed E-state index contributed by atoms with van der Waals surface area (Å²) >= 11 is 0. The number of amides is 1. The third-order valence-corrected chi connectivity index (χ3v) is 4.87. The van der Waals surface area contributed by atoms with Crippen LogP contribution in [0.3, 0.4) is 0 Å². The Labute approximate surface area is 115 Å². The first kappa shape index (κ1) is 13.4. The summed E-state index contributed by atoms with van der Waals surface area (Å²) < 4.78 is 0. The molecule has 0 saturated heterocycles. The van der Waals surface area contributed by atoms with Gasteiger partial charge in [0.15, 0.2) is 0 Å². The predicted molar refractivity (Wildman–Crippen MR) is 73.7 cm³/mol. The van der Waals surface area contributed by atoms with Crippen molar-refractivity contribution < 1.29 is 9.90 Å². The van der Waals surface area contributed by atoms with Gasteiger partial charge in [-0.2, -0.15) is 0 Å². The number of hydrogen-bond acceptors (Lipinski definition) is 3. The molecule has 3 saturated carbocycles. The SMILES string of the molecule is C[C@@H](C1CC1)N(C(=O)CN[C@@H](CO)C1CC1)C1CC1. The fourth-order valence-corrected chi connectivity index (χ4v) is 3.11. The average Bonchev–Trinajstić information content (AvgIpc) is 3.26. The first-order chi connectivity index (χ1) is 9.20. The maximum atomic E-state index is 12.4. The Morgan fingerprint density at radius 2 is 1.84 bits per heavy atom. The molecule has 108 valence electrons. The number of nitrogens with one attached hydrogen (secondary N) is 1. The molecule has 0 radical (unpaired) electrons. The van der Waals surface area contributed by atoms with Crippen LogP contribution in [-0.4, -0.2) is 47.2 Å². The molecule has 0 spiro atoms. The first-order valence-electron chi connectivity index (χ1n) is 7.86. The Morgan fingerprint density at radius 1 is 1.21 bits per heavy atom. The van der Waals surface area contributed by atoms with Gasteiger partial charge in [-0.1, -0.05) is 0 Å². The van der Waals surface area contributed by atoms with Crippen LogP contribution in [-0.2, 0) is 4.79 Å². The van der Waals surface area contributed by atoms with Crippen molar-refractivity contribution in [2.45, 2.75) is 63.6 Å². The molecule has 3 rings (SSSR count). The maximum Gasteiger partial charge on any atom is 0.237 e. The third kappa shape index (κ3) is 3.29. The molecule has 4 nitrogen and oxygen atoms in total. The predicted octanol–water partition coefficient (Wildman–Crippen LogP) is 1.14. The molecule has 3 fully saturated rings. The fourth-order valence-electron chi connectivity index (χ4n) is 3.11. The molecule has 0 aromatic carbocycles. The second kappa shape index (κ2) is 5.41. The van der Waals surface area contributed by atoms with Crippen LogP contribution in [0.4, 0.5) is 0 Å². The monoisotopic (exact) mass is 266 g/mol. The first-order valence-corrected chi connectivity index (χ1v) is 7.86. The molecular formula is C15H26N2O2. The van der Waals surface area contributed by atoms with E-state index >= 15 is 0 Å². The number of rotatable bonds is 8. The molecule has 0 heterocycles. The lowest BCUT2D eigenvalue weighted by Gasteiger charge is -2.30. The van der Waals surface area contributed by atoms with Gasteiger partial charge in [0.2, 0.25) is 5.91 Å². The van der Waals surface area contributed by atoms with Crippen molar-refractivity contribution in [1.82, 2.24) is 10.2 Å². The van der Waals surface area contributed by atoms with Crippen LogP contribution >= 0.6 is 0 Å². The normalized spacial score (nSPS) is 26.0. The zero-order chi connectivity index (χ0) is 13.4. The van der Waals surface area contributed by atoms with Crippen LogP contribution in [0.2, 0.25) is 0 Å². The van der Waals surface area contributed by atoms with E-state index in [4.69, 9.17) is 0 Å². The zero-order valence-electron chi connectivity index (χ0n) is 11.8. The van der Waals surface area contributed by atoms with E-state index in [1.807, 2.05) is 0 Å². The van der Waals surface area contributed by atoms with E-state index in [0.717, 1.165) is 5.92 Å². The van der Waals surface area contributed by atoms with Gasteiger partial charge in [-0.15, -0.1) is 0 Å². The quantitative estimate of drug-likeness (QED) is 0.692. The van der Waals surface area contributed by atoms with Gasteiger partial charge in [-0.05, 0) is 57.3 Å². The molecule has 0 aromatic rings. The van der Waals surface area contributed by atoms with Gasteiger partial charge in [0, 0.05) is 18.1 Å². The van der Waals surface area contributed by atoms with Crippen molar-refractivity contribution in [3.8, 4) is 0 Å². The number of nitrogens with zero attached hydrogens (tertiary/aromatic N) is 1. The Hall–Kier alpha value is -0.610. The summed E-state index contributed by atoms with van der Waals surface area (Å²) in [5.41, 5.74) is 0. The van der Waals surface area contributed by atoms with Gasteiger partial charge in [0.05, 0.1) is 13.2 Å². The van der Waals surface area contributed by atoms with Crippen molar-refractivity contribution in [1.29, 1.82) is 0 Å². The van der Waals surface area contributed by atoms with Crippen molar-refractivity contribution in [3.05, 3.63) is 0 Å². The Morgan fingerprint density at radius 3 is 2.32 bits per heavy atom. The fraction of sp³-hybridized carbons (Fsp3) is 0.933. The van der Waals surface area contributed by atoms with Crippen molar-refractivity contribution in [2.75, 3.05) is 13.2 Å². The van der Waals surface area contributed by atoms with E-state index in [-0.39, 0.29) is 18.6 Å². The van der Waals surface area contributed by atoms with Crippen molar-refractivity contribution >= 4 is 5.91 Å². The summed E-state index contributed by atoms with van der Waals surface area (Å²) in [5, 5.41) is 12.6. The topological polar surface area (TPSA) is 52.6 Å². The average molecular weight is 266 g/mol. The molecule has 4 heteroatoms. The lowest BCUT2D eigenvalue weighted by molar-refractivity contribution is -0.133. The number of aliphatic hydroxyl groups excluding tert-OH is 1. The van der Waals surface area contributed by atoms with Crippen LogP contribution in [0.15, 0.2) is 0 Å². The summed E-state index contributed by atoms with van der Waals surface area (Å²) in [5.74, 6) is 1.57. The van der Waals surface area contributed by atoms with Crippen LogP contribution in [0.1, 0.15) is 45.4 Å². The van der Waals surface area contributed by atoms with E-state index in [1.165, 1.54) is 38.5 Å². The zero-order valence-corrected chi connectivity index (χ0v) is 11.8. The molecule has 3 aliphatic rings. The maximum absolute atomic E-state index is 12.4. The minimum absolute atomic E-state index is 0.126. The second-order valence-corrected chi connectivity index (χ2v) is 6.62. The second-order valence-electron chi connectivity index (χ2n) is 6.62. The highest BCUT2D eigenvalue weighted by molar-refractivity contribution is 5.79. The summed E-state index contributed by atoms with van der Waals surface area (Å²) in [6.45, 7) is 2.76. The van der Waals surface area contributed by atoms with Crippen molar-refractivity contribution in [2.24, 2.45) is 11.8 Å². The Kier molecular flexibility index (Phi) is 3.81. The standard InChI is InChI=1S/C15H26N2O2/c1-10(11-2-3-11)17(13-6-7-13)15(19)8-16-14(9-18)12-4-5-12/h10-14,16,18H,2-9H2,1H3/t10-,14-/m0/s1. The molecular weight excluding hydrogens is 240 g/mol. The summed E-state index contributed by atoms with van der Waals surface area (Å²) in [7, 11) is 0. The third-order valence-electron chi connectivity index (χ3n) is 4.87. The smallest absolute Gasteiger partial charge is 0.237 e.